The maximum Gasteiger partial charge on any atom is 0.332 e. The zero-order valence-electron chi connectivity index (χ0n) is 16.9. The summed E-state index contributed by atoms with van der Waals surface area (Å²) in [6.45, 7) is 1.38. The van der Waals surface area contributed by atoms with Crippen LogP contribution in [0.3, 0.4) is 0 Å². The molecule has 4 atom stereocenters. The molecule has 30 heavy (non-hydrogen) atoms. The lowest BCUT2D eigenvalue weighted by atomic mass is 9.99. The molecule has 12 nitrogen and oxygen atoms in total. The van der Waals surface area contributed by atoms with Gasteiger partial charge in [0.15, 0.2) is 24.9 Å². The Kier molecular flexibility index (Phi) is 5.22. The Bertz CT molecular complexity index is 618. The number of fused-ring (bicyclic) bond motifs is 2. The van der Waals surface area contributed by atoms with E-state index in [1.807, 2.05) is 0 Å². The lowest BCUT2D eigenvalue weighted by Gasteiger charge is -2.47. The molecule has 5 heterocycles. The number of carbonyl (C=O) groups excluding carboxylic acids is 2. The highest BCUT2D eigenvalue weighted by Gasteiger charge is 2.72. The van der Waals surface area contributed by atoms with Gasteiger partial charge in [0, 0.05) is 14.2 Å². The van der Waals surface area contributed by atoms with Crippen LogP contribution in [0.15, 0.2) is 0 Å². The molecule has 0 aromatic rings. The number of rotatable bonds is 8. The smallest absolute Gasteiger partial charge is 0.332 e. The lowest BCUT2D eigenvalue weighted by molar-refractivity contribution is -0.254. The van der Waals surface area contributed by atoms with E-state index in [2.05, 4.69) is 9.80 Å². The molecule has 0 radical (unpaired) electrons. The summed E-state index contributed by atoms with van der Waals surface area (Å²) in [7, 11) is 2.88. The molecule has 5 saturated heterocycles. The highest BCUT2D eigenvalue weighted by atomic mass is 16.7. The van der Waals surface area contributed by atoms with E-state index < -0.39 is 47.9 Å². The number of piperazine rings is 1. The van der Waals surface area contributed by atoms with Gasteiger partial charge in [-0.15, -0.1) is 0 Å². The Hall–Kier alpha value is -1.38. The molecule has 0 saturated carbocycles. The summed E-state index contributed by atoms with van der Waals surface area (Å²) in [6, 6.07) is 0. The second kappa shape index (κ2) is 7.64. The average molecular weight is 430 g/mol. The maximum absolute atomic E-state index is 11.8. The lowest BCUT2D eigenvalue weighted by Crippen LogP contribution is -2.69. The molecule has 0 N–H and O–H groups in total. The van der Waals surface area contributed by atoms with Gasteiger partial charge in [0.05, 0.1) is 26.4 Å². The van der Waals surface area contributed by atoms with Crippen LogP contribution in [0.2, 0.25) is 0 Å². The summed E-state index contributed by atoms with van der Waals surface area (Å²) in [5, 5.41) is 0. The normalized spacial score (nSPS) is 41.7. The Labute approximate surface area is 173 Å². The van der Waals surface area contributed by atoms with Crippen molar-refractivity contribution in [3.05, 3.63) is 0 Å². The molecule has 5 fully saturated rings. The van der Waals surface area contributed by atoms with E-state index in [0.29, 0.717) is 26.4 Å². The molecule has 168 valence electrons. The molecule has 0 amide bonds. The monoisotopic (exact) mass is 430 g/mol. The third-order valence-corrected chi connectivity index (χ3v) is 6.30. The van der Waals surface area contributed by atoms with Crippen LogP contribution in [0, 0.1) is 0 Å². The predicted octanol–water partition coefficient (Wildman–Crippen LogP) is -2.11. The highest BCUT2D eigenvalue weighted by Crippen LogP contribution is 2.51. The third kappa shape index (κ3) is 2.98. The molecule has 5 aliphatic heterocycles. The molecular weight excluding hydrogens is 404 g/mol. The predicted molar refractivity (Wildman–Crippen MR) is 93.8 cm³/mol. The first-order chi connectivity index (χ1) is 14.5. The summed E-state index contributed by atoms with van der Waals surface area (Å²) in [5.41, 5.74) is -1.20. The number of ether oxygens (including phenoxy) is 8. The van der Waals surface area contributed by atoms with Gasteiger partial charge in [-0.1, -0.05) is 0 Å². The Morgan fingerprint density at radius 1 is 0.733 bits per heavy atom. The van der Waals surface area contributed by atoms with E-state index >= 15 is 0 Å². The highest BCUT2D eigenvalue weighted by molar-refractivity contribution is 5.71. The van der Waals surface area contributed by atoms with E-state index in [4.69, 9.17) is 37.9 Å². The zero-order valence-corrected chi connectivity index (χ0v) is 16.9. The zero-order chi connectivity index (χ0) is 20.9. The van der Waals surface area contributed by atoms with Gasteiger partial charge < -0.3 is 37.9 Å². The number of esters is 2. The molecule has 4 unspecified atom stereocenters. The molecule has 0 aromatic heterocycles. The fraction of sp³-hybridized carbons (Fsp3) is 0.889. The van der Waals surface area contributed by atoms with Crippen molar-refractivity contribution in [3.8, 4) is 0 Å². The molecule has 0 aromatic carbocycles. The molecule has 5 rings (SSSR count). The second-order valence-corrected chi connectivity index (χ2v) is 8.26. The number of carbonyl (C=O) groups is 2. The van der Waals surface area contributed by atoms with Crippen LogP contribution in [0.1, 0.15) is 0 Å². The minimum absolute atomic E-state index is 0.111. The molecule has 0 aliphatic carbocycles. The van der Waals surface area contributed by atoms with Crippen LogP contribution < -0.4 is 0 Å². The Balaban J connectivity index is 1.32. The minimum atomic E-state index is -0.601. The van der Waals surface area contributed by atoms with Crippen molar-refractivity contribution in [2.75, 3.05) is 67.1 Å². The van der Waals surface area contributed by atoms with Gasteiger partial charge in [0.1, 0.15) is 37.5 Å². The topological polar surface area (TPSA) is 114 Å². The molecule has 0 spiro atoms. The summed E-state index contributed by atoms with van der Waals surface area (Å²) in [6.07, 6.45) is -1.64. The summed E-state index contributed by atoms with van der Waals surface area (Å²) in [5.74, 6) is -0.882. The van der Waals surface area contributed by atoms with Gasteiger partial charge in [0.25, 0.3) is 0 Å². The summed E-state index contributed by atoms with van der Waals surface area (Å²) in [4.78, 5) is 27.7. The second-order valence-electron chi connectivity index (χ2n) is 8.26. The van der Waals surface area contributed by atoms with Gasteiger partial charge in [0.2, 0.25) is 0 Å². The maximum atomic E-state index is 11.8. The molecular formula is C18H26N2O10. The Morgan fingerprint density at radius 3 is 1.37 bits per heavy atom. The van der Waals surface area contributed by atoms with Crippen molar-refractivity contribution in [3.63, 3.8) is 0 Å². The third-order valence-electron chi connectivity index (χ3n) is 6.30. The van der Waals surface area contributed by atoms with E-state index in [-0.39, 0.29) is 26.4 Å². The van der Waals surface area contributed by atoms with Crippen LogP contribution in [0.5, 0.6) is 0 Å². The van der Waals surface area contributed by atoms with Crippen molar-refractivity contribution in [1.82, 2.24) is 9.80 Å². The molecule has 5 aliphatic rings. The Morgan fingerprint density at radius 2 is 1.07 bits per heavy atom. The largest absolute Gasteiger partial charge is 0.462 e. The minimum Gasteiger partial charge on any atom is -0.462 e. The van der Waals surface area contributed by atoms with Crippen LogP contribution >= 0.6 is 0 Å². The van der Waals surface area contributed by atoms with Crippen molar-refractivity contribution < 1.29 is 47.5 Å². The first kappa shape index (κ1) is 20.5. The van der Waals surface area contributed by atoms with E-state index in [1.54, 1.807) is 0 Å². The SMILES string of the molecule is COCC(=O)OCC12COC3C4OCC5(COC(=O)COC)COC(C(OC1)N32)N45. The van der Waals surface area contributed by atoms with E-state index in [0.717, 1.165) is 0 Å². The molecule has 12 heteroatoms. The quantitative estimate of drug-likeness (QED) is 0.393. The van der Waals surface area contributed by atoms with Crippen molar-refractivity contribution >= 4 is 11.9 Å². The van der Waals surface area contributed by atoms with Crippen molar-refractivity contribution in [2.24, 2.45) is 0 Å². The van der Waals surface area contributed by atoms with Gasteiger partial charge in [-0.3, -0.25) is 0 Å². The van der Waals surface area contributed by atoms with Gasteiger partial charge in [-0.05, 0) is 0 Å². The van der Waals surface area contributed by atoms with Crippen molar-refractivity contribution in [2.45, 2.75) is 36.0 Å². The summed E-state index contributed by atoms with van der Waals surface area (Å²) < 4.78 is 44.9. The number of hydrogen-bond acceptors (Lipinski definition) is 12. The fourth-order valence-corrected chi connectivity index (χ4v) is 4.98. The van der Waals surface area contributed by atoms with Crippen LogP contribution in [-0.4, -0.2) is 125 Å². The van der Waals surface area contributed by atoms with E-state index in [9.17, 15) is 9.59 Å². The van der Waals surface area contributed by atoms with Crippen LogP contribution in [-0.2, 0) is 47.5 Å². The molecule has 0 bridgehead atoms. The van der Waals surface area contributed by atoms with Crippen LogP contribution in [0.25, 0.3) is 0 Å². The van der Waals surface area contributed by atoms with Crippen LogP contribution in [0.4, 0.5) is 0 Å². The summed E-state index contributed by atoms with van der Waals surface area (Å²) >= 11 is 0. The first-order valence-electron chi connectivity index (χ1n) is 9.86. The number of methoxy groups -OCH3 is 2. The average Bonchev–Trinajstić information content (AvgIpc) is 3.46. The van der Waals surface area contributed by atoms with E-state index in [1.165, 1.54) is 14.2 Å². The van der Waals surface area contributed by atoms with Crippen molar-refractivity contribution in [1.29, 1.82) is 0 Å². The van der Waals surface area contributed by atoms with Gasteiger partial charge in [-0.2, -0.15) is 0 Å². The number of nitrogens with zero attached hydrogens (tertiary/aromatic N) is 2. The van der Waals surface area contributed by atoms with Gasteiger partial charge in [-0.25, -0.2) is 19.4 Å². The standard InChI is InChI=1S/C18H26N2O10/c1-23-3-11(21)25-5-17-7-27-13-15-20-16(14(19(13)17)28-8-17)30-10-18(20,9-29-15)6-26-12(22)4-24-2/h13-16H,3-10H2,1-2H3. The fourth-order valence-electron chi connectivity index (χ4n) is 4.98. The number of hydrogen-bond donors (Lipinski definition) is 0. The first-order valence-corrected chi connectivity index (χ1v) is 9.86. The van der Waals surface area contributed by atoms with Gasteiger partial charge >= 0.3 is 11.9 Å².